The van der Waals surface area contributed by atoms with Gasteiger partial charge in [0.05, 0.1) is 5.69 Å². The second kappa shape index (κ2) is 4.53. The van der Waals surface area contributed by atoms with Gasteiger partial charge in [-0.1, -0.05) is 13.3 Å². The number of hydrogen-bond acceptors (Lipinski definition) is 3. The maximum Gasteiger partial charge on any atom is 0.369 e. The second-order valence-electron chi connectivity index (χ2n) is 4.05. The lowest BCUT2D eigenvalue weighted by Gasteiger charge is -2.01. The fourth-order valence-electron chi connectivity index (χ4n) is 1.78. The summed E-state index contributed by atoms with van der Waals surface area (Å²) in [6.07, 6.45) is 5.12. The van der Waals surface area contributed by atoms with E-state index in [9.17, 15) is 4.79 Å². The Balaban J connectivity index is 2.39. The first-order valence-electron chi connectivity index (χ1n) is 5.74. The van der Waals surface area contributed by atoms with Crippen LogP contribution in [0.5, 0.6) is 0 Å². The molecule has 2 rings (SSSR count). The third-order valence-corrected chi connectivity index (χ3v) is 2.88. The van der Waals surface area contributed by atoms with Gasteiger partial charge in [-0.15, -0.1) is 0 Å². The van der Waals surface area contributed by atoms with Crippen LogP contribution < -0.4 is 0 Å². The van der Waals surface area contributed by atoms with Crippen LogP contribution in [0.25, 0.3) is 0 Å². The van der Waals surface area contributed by atoms with Gasteiger partial charge < -0.3 is 0 Å². The number of nitrogens with zero attached hydrogens (tertiary/aromatic N) is 4. The molecule has 0 radical (unpaired) electrons. The van der Waals surface area contributed by atoms with E-state index in [4.69, 9.17) is 0 Å². The minimum absolute atomic E-state index is 0.238. The van der Waals surface area contributed by atoms with Crippen LogP contribution in [0.3, 0.4) is 0 Å². The van der Waals surface area contributed by atoms with E-state index in [1.807, 2.05) is 13.8 Å². The smallest absolute Gasteiger partial charge is 0.244 e. The van der Waals surface area contributed by atoms with Crippen LogP contribution in [-0.4, -0.2) is 25.6 Å². The number of carbonyl (C=O) groups excluding carboxylic acids is 1. The highest BCUT2D eigenvalue weighted by Gasteiger charge is 2.16. The van der Waals surface area contributed by atoms with Gasteiger partial charge in [-0.3, -0.25) is 0 Å². The second-order valence-corrected chi connectivity index (χ2v) is 4.05. The first-order valence-corrected chi connectivity index (χ1v) is 5.74. The summed E-state index contributed by atoms with van der Waals surface area (Å²) in [5.74, 6) is 0. The molecule has 2 aromatic rings. The number of carbonyl (C=O) groups is 1. The van der Waals surface area contributed by atoms with Crippen LogP contribution in [0.15, 0.2) is 18.5 Å². The zero-order valence-corrected chi connectivity index (χ0v) is 10.3. The van der Waals surface area contributed by atoms with E-state index < -0.39 is 0 Å². The van der Waals surface area contributed by atoms with Crippen LogP contribution >= 0.6 is 0 Å². The molecule has 0 aromatic carbocycles. The fraction of sp³-hybridized carbons (Fsp3) is 0.417. The molecule has 0 atom stereocenters. The van der Waals surface area contributed by atoms with Crippen molar-refractivity contribution in [2.45, 2.75) is 33.6 Å². The van der Waals surface area contributed by atoms with Gasteiger partial charge in [-0.25, -0.2) is 4.79 Å². The van der Waals surface area contributed by atoms with Crippen molar-refractivity contribution in [2.24, 2.45) is 0 Å². The predicted molar refractivity (Wildman–Crippen MR) is 64.1 cm³/mol. The molecule has 0 saturated carbocycles. The molecule has 0 aliphatic heterocycles. The molecule has 0 bridgehead atoms. The van der Waals surface area contributed by atoms with Crippen LogP contribution in [-0.2, 0) is 6.42 Å². The largest absolute Gasteiger partial charge is 0.369 e. The van der Waals surface area contributed by atoms with E-state index in [1.54, 1.807) is 18.5 Å². The minimum atomic E-state index is -0.238. The Labute approximate surface area is 100 Å². The Morgan fingerprint density at radius 3 is 2.76 bits per heavy atom. The lowest BCUT2D eigenvalue weighted by atomic mass is 10.1. The van der Waals surface area contributed by atoms with Crippen molar-refractivity contribution >= 4 is 6.03 Å². The summed E-state index contributed by atoms with van der Waals surface area (Å²) < 4.78 is 2.71. The quantitative estimate of drug-likeness (QED) is 0.797. The molecule has 0 aliphatic carbocycles. The Morgan fingerprint density at radius 2 is 2.18 bits per heavy atom. The van der Waals surface area contributed by atoms with Gasteiger partial charge in [-0.05, 0) is 31.9 Å². The molecule has 0 amide bonds. The summed E-state index contributed by atoms with van der Waals surface area (Å²) in [6, 6.07) is 1.48. The Kier molecular flexibility index (Phi) is 3.08. The molecule has 5 heteroatoms. The standard InChI is InChI=1S/C12H16N4O/c1-4-6-11-9(2)10(3)16(14-11)12(17)15-8-5-7-13-15/h5,7-8H,4,6H2,1-3H3. The van der Waals surface area contributed by atoms with E-state index in [2.05, 4.69) is 17.1 Å². The molecular formula is C12H16N4O. The zero-order chi connectivity index (χ0) is 12.4. The maximum absolute atomic E-state index is 12.1. The monoisotopic (exact) mass is 232 g/mol. The summed E-state index contributed by atoms with van der Waals surface area (Å²) in [4.78, 5) is 12.1. The van der Waals surface area contributed by atoms with E-state index in [0.717, 1.165) is 29.8 Å². The molecular weight excluding hydrogens is 216 g/mol. The fourth-order valence-corrected chi connectivity index (χ4v) is 1.78. The van der Waals surface area contributed by atoms with Crippen molar-refractivity contribution in [2.75, 3.05) is 0 Å². The van der Waals surface area contributed by atoms with E-state index in [-0.39, 0.29) is 6.03 Å². The first kappa shape index (κ1) is 11.6. The third-order valence-electron chi connectivity index (χ3n) is 2.88. The lowest BCUT2D eigenvalue weighted by molar-refractivity contribution is 0.237. The normalized spacial score (nSPS) is 10.8. The molecule has 0 aliphatic rings. The van der Waals surface area contributed by atoms with Gasteiger partial charge >= 0.3 is 6.03 Å². The molecule has 17 heavy (non-hydrogen) atoms. The highest BCUT2D eigenvalue weighted by Crippen LogP contribution is 2.14. The predicted octanol–water partition coefficient (Wildman–Crippen LogP) is 2.17. The Morgan fingerprint density at radius 1 is 1.41 bits per heavy atom. The summed E-state index contributed by atoms with van der Waals surface area (Å²) in [7, 11) is 0. The number of rotatable bonds is 2. The van der Waals surface area contributed by atoms with E-state index in [1.165, 1.54) is 9.36 Å². The lowest BCUT2D eigenvalue weighted by Crippen LogP contribution is -2.22. The van der Waals surface area contributed by atoms with Gasteiger partial charge in [0.2, 0.25) is 0 Å². The average Bonchev–Trinajstić information content (AvgIpc) is 2.93. The van der Waals surface area contributed by atoms with Gasteiger partial charge in [-0.2, -0.15) is 19.6 Å². The van der Waals surface area contributed by atoms with Crippen LogP contribution in [0.2, 0.25) is 0 Å². The summed E-state index contributed by atoms with van der Waals surface area (Å²) in [6.45, 7) is 6.01. The highest BCUT2D eigenvalue weighted by molar-refractivity contribution is 5.78. The van der Waals surface area contributed by atoms with Crippen LogP contribution in [0.4, 0.5) is 4.79 Å². The van der Waals surface area contributed by atoms with Crippen molar-refractivity contribution in [1.82, 2.24) is 19.6 Å². The van der Waals surface area contributed by atoms with E-state index in [0.29, 0.717) is 0 Å². The van der Waals surface area contributed by atoms with Crippen molar-refractivity contribution < 1.29 is 4.79 Å². The zero-order valence-electron chi connectivity index (χ0n) is 10.3. The summed E-state index contributed by atoms with van der Waals surface area (Å²) >= 11 is 0. The molecule has 0 saturated heterocycles. The molecule has 2 aromatic heterocycles. The number of hydrogen-bond donors (Lipinski definition) is 0. The topological polar surface area (TPSA) is 52.7 Å². The molecule has 0 unspecified atom stereocenters. The van der Waals surface area contributed by atoms with Crippen molar-refractivity contribution in [3.05, 3.63) is 35.4 Å². The molecule has 0 spiro atoms. The van der Waals surface area contributed by atoms with Crippen molar-refractivity contribution in [3.8, 4) is 0 Å². The maximum atomic E-state index is 12.1. The van der Waals surface area contributed by atoms with E-state index >= 15 is 0 Å². The Bertz CT molecular complexity index is 525. The molecule has 2 heterocycles. The molecule has 0 N–H and O–H groups in total. The number of aromatic nitrogens is 4. The number of aryl methyl sites for hydroxylation is 1. The van der Waals surface area contributed by atoms with Crippen molar-refractivity contribution in [3.63, 3.8) is 0 Å². The van der Waals surface area contributed by atoms with Crippen LogP contribution in [0, 0.1) is 13.8 Å². The van der Waals surface area contributed by atoms with Gasteiger partial charge in [0.1, 0.15) is 0 Å². The van der Waals surface area contributed by atoms with Crippen LogP contribution in [0.1, 0.15) is 30.3 Å². The first-order chi connectivity index (χ1) is 8.15. The van der Waals surface area contributed by atoms with Gasteiger partial charge in [0.25, 0.3) is 0 Å². The minimum Gasteiger partial charge on any atom is -0.244 e. The highest BCUT2D eigenvalue weighted by atomic mass is 16.2. The summed E-state index contributed by atoms with van der Waals surface area (Å²) in [5.41, 5.74) is 2.96. The molecule has 5 nitrogen and oxygen atoms in total. The Hall–Kier alpha value is -1.91. The molecule has 90 valence electrons. The van der Waals surface area contributed by atoms with Crippen molar-refractivity contribution in [1.29, 1.82) is 0 Å². The average molecular weight is 232 g/mol. The van der Waals surface area contributed by atoms with Gasteiger partial charge in [0.15, 0.2) is 0 Å². The van der Waals surface area contributed by atoms with Gasteiger partial charge in [0, 0.05) is 18.1 Å². The summed E-state index contributed by atoms with van der Waals surface area (Å²) in [5, 5.41) is 8.29. The molecule has 0 fully saturated rings. The SMILES string of the molecule is CCCc1nn(C(=O)n2cccn2)c(C)c1C. The third kappa shape index (κ3) is 2.00.